The Morgan fingerprint density at radius 3 is 2.78 bits per heavy atom. The van der Waals surface area contributed by atoms with Gasteiger partial charge in [-0.2, -0.15) is 5.26 Å². The minimum Gasteiger partial charge on any atom is -0.467 e. The summed E-state index contributed by atoms with van der Waals surface area (Å²) in [5.41, 5.74) is -0.310. The lowest BCUT2D eigenvalue weighted by molar-refractivity contribution is -0.384. The van der Waals surface area contributed by atoms with Crippen molar-refractivity contribution in [2.75, 3.05) is 12.4 Å². The number of rotatable bonds is 4. The molecular weight excluding hydrogens is 238 g/mol. The Hall–Kier alpha value is -2.62. The summed E-state index contributed by atoms with van der Waals surface area (Å²) in [5, 5.41) is 22.4. The molecule has 0 saturated carbocycles. The minimum atomic E-state index is -0.748. The topological polar surface area (TPSA) is 105 Å². The van der Waals surface area contributed by atoms with E-state index in [-0.39, 0.29) is 16.9 Å². The molecule has 0 aliphatic carbocycles. The fourth-order valence-electron chi connectivity index (χ4n) is 1.42. The number of carbonyl (C=O) groups is 1. The highest BCUT2D eigenvalue weighted by molar-refractivity contribution is 5.81. The van der Waals surface area contributed by atoms with Gasteiger partial charge in [0.25, 0.3) is 0 Å². The van der Waals surface area contributed by atoms with Crippen LogP contribution in [-0.4, -0.2) is 24.0 Å². The molecule has 0 amide bonds. The van der Waals surface area contributed by atoms with E-state index in [1.54, 1.807) is 6.07 Å². The highest BCUT2D eigenvalue weighted by Crippen LogP contribution is 2.28. The lowest BCUT2D eigenvalue weighted by Gasteiger charge is -2.13. The Bertz CT molecular complexity index is 522. The monoisotopic (exact) mass is 249 g/mol. The molecule has 0 aliphatic rings. The maximum Gasteiger partial charge on any atom is 0.327 e. The lowest BCUT2D eigenvalue weighted by Crippen LogP contribution is -2.27. The van der Waals surface area contributed by atoms with Crippen molar-refractivity contribution < 1.29 is 14.5 Å². The molecule has 18 heavy (non-hydrogen) atoms. The smallest absolute Gasteiger partial charge is 0.327 e. The van der Waals surface area contributed by atoms with E-state index in [2.05, 4.69) is 10.1 Å². The minimum absolute atomic E-state index is 0.0675. The van der Waals surface area contributed by atoms with E-state index in [1.807, 2.05) is 0 Å². The Kier molecular flexibility index (Phi) is 4.21. The largest absolute Gasteiger partial charge is 0.467 e. The van der Waals surface area contributed by atoms with Crippen LogP contribution in [0.5, 0.6) is 0 Å². The van der Waals surface area contributed by atoms with E-state index >= 15 is 0 Å². The first-order valence-corrected chi connectivity index (χ1v) is 5.03. The lowest BCUT2D eigenvalue weighted by atomic mass is 10.1. The molecule has 0 aliphatic heterocycles. The van der Waals surface area contributed by atoms with Crippen LogP contribution < -0.4 is 5.32 Å². The zero-order valence-corrected chi connectivity index (χ0v) is 9.84. The number of nitro groups is 1. The van der Waals surface area contributed by atoms with Crippen LogP contribution in [0.25, 0.3) is 0 Å². The summed E-state index contributed by atoms with van der Waals surface area (Å²) in [6, 6.07) is 5.25. The van der Waals surface area contributed by atoms with Crippen molar-refractivity contribution >= 4 is 17.3 Å². The van der Waals surface area contributed by atoms with Gasteiger partial charge in [0.05, 0.1) is 12.0 Å². The van der Waals surface area contributed by atoms with Crippen LogP contribution in [0, 0.1) is 21.4 Å². The molecule has 7 nitrogen and oxygen atoms in total. The van der Waals surface area contributed by atoms with Crippen LogP contribution in [0.3, 0.4) is 0 Å². The van der Waals surface area contributed by atoms with Gasteiger partial charge in [-0.05, 0) is 19.1 Å². The number of anilines is 1. The average molecular weight is 249 g/mol. The summed E-state index contributed by atoms with van der Waals surface area (Å²) in [6.45, 7) is 1.51. The predicted molar refractivity (Wildman–Crippen MR) is 62.9 cm³/mol. The number of nitro benzene ring substituents is 1. The summed E-state index contributed by atoms with van der Waals surface area (Å²) in [5.74, 6) is -0.549. The van der Waals surface area contributed by atoms with Gasteiger partial charge in [-0.1, -0.05) is 6.07 Å². The van der Waals surface area contributed by atoms with Crippen LogP contribution in [0.2, 0.25) is 0 Å². The molecule has 1 rings (SSSR count). The number of benzene rings is 1. The standard InChI is InChI=1S/C11H11N3O4/c1-7(11(15)18-2)13-9-5-3-4-8(6-12)10(9)14(16)17/h3-5,7,13H,1-2H3. The third-order valence-electron chi connectivity index (χ3n) is 2.27. The maximum absolute atomic E-state index is 11.2. The normalized spacial score (nSPS) is 11.2. The van der Waals surface area contributed by atoms with Crippen molar-refractivity contribution in [1.29, 1.82) is 5.26 Å². The van der Waals surface area contributed by atoms with E-state index in [1.165, 1.54) is 32.2 Å². The number of methoxy groups -OCH3 is 1. The van der Waals surface area contributed by atoms with Crippen molar-refractivity contribution in [2.45, 2.75) is 13.0 Å². The first-order chi connectivity index (χ1) is 8.51. The summed E-state index contributed by atoms with van der Waals surface area (Å²) in [7, 11) is 1.22. The number of ether oxygens (including phenoxy) is 1. The highest BCUT2D eigenvalue weighted by Gasteiger charge is 2.22. The van der Waals surface area contributed by atoms with Crippen molar-refractivity contribution in [3.63, 3.8) is 0 Å². The zero-order valence-electron chi connectivity index (χ0n) is 9.84. The second-order valence-electron chi connectivity index (χ2n) is 3.46. The second kappa shape index (κ2) is 5.63. The molecule has 1 aromatic rings. The van der Waals surface area contributed by atoms with E-state index in [9.17, 15) is 14.9 Å². The van der Waals surface area contributed by atoms with Gasteiger partial charge in [-0.3, -0.25) is 10.1 Å². The number of nitrogens with one attached hydrogen (secondary N) is 1. The third kappa shape index (κ3) is 2.74. The maximum atomic E-state index is 11.2. The predicted octanol–water partition coefficient (Wildman–Crippen LogP) is 1.44. The number of carbonyl (C=O) groups excluding carboxylic acids is 1. The number of hydrogen-bond donors (Lipinski definition) is 1. The van der Waals surface area contributed by atoms with Gasteiger partial charge in [0.2, 0.25) is 0 Å². The summed E-state index contributed by atoms with van der Waals surface area (Å²) in [6.07, 6.45) is 0. The molecular formula is C11H11N3O4. The summed E-state index contributed by atoms with van der Waals surface area (Å²) in [4.78, 5) is 21.5. The number of nitrogens with zero attached hydrogens (tertiary/aromatic N) is 2. The zero-order chi connectivity index (χ0) is 13.7. The molecule has 1 atom stereocenters. The summed E-state index contributed by atoms with van der Waals surface area (Å²) < 4.78 is 4.50. The number of hydrogen-bond acceptors (Lipinski definition) is 6. The number of esters is 1. The average Bonchev–Trinajstić information content (AvgIpc) is 2.36. The van der Waals surface area contributed by atoms with Gasteiger partial charge in [-0.25, -0.2) is 4.79 Å². The van der Waals surface area contributed by atoms with Crippen molar-refractivity contribution in [1.82, 2.24) is 0 Å². The first kappa shape index (κ1) is 13.4. The molecule has 1 unspecified atom stereocenters. The Morgan fingerprint density at radius 1 is 1.61 bits per heavy atom. The van der Waals surface area contributed by atoms with Gasteiger partial charge in [0, 0.05) is 0 Å². The first-order valence-electron chi connectivity index (χ1n) is 5.03. The SMILES string of the molecule is COC(=O)C(C)Nc1cccc(C#N)c1[N+](=O)[O-]. The third-order valence-corrected chi connectivity index (χ3v) is 2.27. The molecule has 1 aromatic carbocycles. The molecule has 0 fully saturated rings. The molecule has 1 N–H and O–H groups in total. The number of nitriles is 1. The Balaban J connectivity index is 3.14. The Morgan fingerprint density at radius 2 is 2.28 bits per heavy atom. The van der Waals surface area contributed by atoms with E-state index in [0.717, 1.165) is 0 Å². The van der Waals surface area contributed by atoms with Crippen molar-refractivity contribution in [2.24, 2.45) is 0 Å². The van der Waals surface area contributed by atoms with E-state index in [4.69, 9.17) is 5.26 Å². The molecule has 7 heteroatoms. The van der Waals surface area contributed by atoms with E-state index < -0.39 is 16.9 Å². The van der Waals surface area contributed by atoms with E-state index in [0.29, 0.717) is 0 Å². The second-order valence-corrected chi connectivity index (χ2v) is 3.46. The van der Waals surface area contributed by atoms with Gasteiger partial charge >= 0.3 is 11.7 Å². The van der Waals surface area contributed by atoms with Gasteiger partial charge in [-0.15, -0.1) is 0 Å². The van der Waals surface area contributed by atoms with Crippen LogP contribution >= 0.6 is 0 Å². The fourth-order valence-corrected chi connectivity index (χ4v) is 1.42. The van der Waals surface area contributed by atoms with Crippen LogP contribution in [0.15, 0.2) is 18.2 Å². The quantitative estimate of drug-likeness (QED) is 0.491. The molecule has 0 spiro atoms. The highest BCUT2D eigenvalue weighted by atomic mass is 16.6. The fraction of sp³-hybridized carbons (Fsp3) is 0.273. The molecule has 0 bridgehead atoms. The Labute approximate surface area is 103 Å². The van der Waals surface area contributed by atoms with Crippen molar-refractivity contribution in [3.8, 4) is 6.07 Å². The van der Waals surface area contributed by atoms with Gasteiger partial charge in [0.15, 0.2) is 0 Å². The number of para-hydroxylation sites is 1. The van der Waals surface area contributed by atoms with Crippen LogP contribution in [0.1, 0.15) is 12.5 Å². The molecule has 0 aromatic heterocycles. The van der Waals surface area contributed by atoms with Gasteiger partial charge < -0.3 is 10.1 Å². The molecule has 0 radical (unpaired) electrons. The molecule has 0 saturated heterocycles. The van der Waals surface area contributed by atoms with Crippen LogP contribution in [0.4, 0.5) is 11.4 Å². The van der Waals surface area contributed by atoms with Gasteiger partial charge in [0.1, 0.15) is 23.4 Å². The summed E-state index contributed by atoms with van der Waals surface area (Å²) >= 11 is 0. The van der Waals surface area contributed by atoms with Crippen LogP contribution in [-0.2, 0) is 9.53 Å². The molecule has 0 heterocycles. The molecule has 94 valence electrons. The van der Waals surface area contributed by atoms with Crippen molar-refractivity contribution in [3.05, 3.63) is 33.9 Å².